The summed E-state index contributed by atoms with van der Waals surface area (Å²) in [6.07, 6.45) is 5.48. The molecule has 0 fully saturated rings. The maximum atomic E-state index is 10.8. The summed E-state index contributed by atoms with van der Waals surface area (Å²) in [7, 11) is 0. The summed E-state index contributed by atoms with van der Waals surface area (Å²) in [5.41, 5.74) is 11.5. The van der Waals surface area contributed by atoms with Crippen molar-refractivity contribution in [1.29, 1.82) is 0 Å². The van der Waals surface area contributed by atoms with Crippen molar-refractivity contribution in [2.75, 3.05) is 6.61 Å². The highest BCUT2D eigenvalue weighted by atomic mass is 16.5. The molecule has 0 aliphatic rings. The first-order valence-corrected chi connectivity index (χ1v) is 4.83. The Morgan fingerprint density at radius 1 is 1.44 bits per heavy atom. The molecule has 0 radical (unpaired) electrons. The molecule has 84 valence electrons. The first kappa shape index (κ1) is 12.1. The molecule has 0 heterocycles. The minimum atomic E-state index is -0.655. The third-order valence-electron chi connectivity index (χ3n) is 2.07. The summed E-state index contributed by atoms with van der Waals surface area (Å²) in [5, 5.41) is 0. The fourth-order valence-corrected chi connectivity index (χ4v) is 1.20. The SMILES string of the molecule is C#CCOc1ccc(C[C@H](N)C(N)=O)cc1. The highest BCUT2D eigenvalue weighted by molar-refractivity contribution is 5.79. The molecule has 4 nitrogen and oxygen atoms in total. The second-order valence-corrected chi connectivity index (χ2v) is 3.35. The number of ether oxygens (including phenoxy) is 1. The number of hydrogen-bond donors (Lipinski definition) is 2. The second-order valence-electron chi connectivity index (χ2n) is 3.35. The Balaban J connectivity index is 2.58. The number of amides is 1. The van der Waals surface area contributed by atoms with Crippen molar-refractivity contribution in [2.45, 2.75) is 12.5 Å². The molecule has 0 saturated heterocycles. The van der Waals surface area contributed by atoms with Gasteiger partial charge in [0, 0.05) is 0 Å². The third kappa shape index (κ3) is 3.64. The summed E-state index contributed by atoms with van der Waals surface area (Å²) < 4.78 is 5.20. The highest BCUT2D eigenvalue weighted by Crippen LogP contribution is 2.12. The molecule has 0 aromatic heterocycles. The van der Waals surface area contributed by atoms with Gasteiger partial charge in [0.05, 0.1) is 6.04 Å². The van der Waals surface area contributed by atoms with Crippen LogP contribution in [-0.2, 0) is 11.2 Å². The first-order chi connectivity index (χ1) is 7.63. The Labute approximate surface area is 94.6 Å². The Hall–Kier alpha value is -1.99. The molecule has 0 aliphatic carbocycles. The van der Waals surface area contributed by atoms with Crippen molar-refractivity contribution in [3.05, 3.63) is 29.8 Å². The maximum Gasteiger partial charge on any atom is 0.234 e. The predicted molar refractivity (Wildman–Crippen MR) is 61.6 cm³/mol. The number of benzene rings is 1. The number of primary amides is 1. The van der Waals surface area contributed by atoms with E-state index in [9.17, 15) is 4.79 Å². The van der Waals surface area contributed by atoms with Crippen LogP contribution in [0, 0.1) is 12.3 Å². The van der Waals surface area contributed by atoms with Gasteiger partial charge in [-0.1, -0.05) is 18.1 Å². The minimum Gasteiger partial charge on any atom is -0.481 e. The zero-order valence-electron chi connectivity index (χ0n) is 8.85. The minimum absolute atomic E-state index is 0.236. The lowest BCUT2D eigenvalue weighted by Crippen LogP contribution is -2.38. The van der Waals surface area contributed by atoms with Crippen molar-refractivity contribution in [3.8, 4) is 18.1 Å². The highest BCUT2D eigenvalue weighted by Gasteiger charge is 2.09. The van der Waals surface area contributed by atoms with E-state index >= 15 is 0 Å². The van der Waals surface area contributed by atoms with Crippen LogP contribution in [0.15, 0.2) is 24.3 Å². The van der Waals surface area contributed by atoms with Crippen LogP contribution in [-0.4, -0.2) is 18.6 Å². The number of carbonyl (C=O) groups excluding carboxylic acids is 1. The van der Waals surface area contributed by atoms with Crippen molar-refractivity contribution in [3.63, 3.8) is 0 Å². The molecular formula is C12H14N2O2. The van der Waals surface area contributed by atoms with Gasteiger partial charge in [-0.3, -0.25) is 4.79 Å². The van der Waals surface area contributed by atoms with Gasteiger partial charge in [-0.15, -0.1) is 6.42 Å². The lowest BCUT2D eigenvalue weighted by Gasteiger charge is -2.08. The topological polar surface area (TPSA) is 78.3 Å². The Bertz CT molecular complexity index is 392. The maximum absolute atomic E-state index is 10.8. The van der Waals surface area contributed by atoms with Gasteiger partial charge >= 0.3 is 0 Å². The lowest BCUT2D eigenvalue weighted by atomic mass is 10.1. The van der Waals surface area contributed by atoms with Gasteiger partial charge in [-0.2, -0.15) is 0 Å². The Kier molecular flexibility index (Phi) is 4.37. The summed E-state index contributed by atoms with van der Waals surface area (Å²) in [6.45, 7) is 0.236. The van der Waals surface area contributed by atoms with E-state index in [-0.39, 0.29) is 6.61 Å². The third-order valence-corrected chi connectivity index (χ3v) is 2.07. The second kappa shape index (κ2) is 5.79. The summed E-state index contributed by atoms with van der Waals surface area (Å²) in [6, 6.07) is 6.56. The molecule has 1 aromatic carbocycles. The van der Waals surface area contributed by atoms with Crippen LogP contribution in [0.25, 0.3) is 0 Å². The first-order valence-electron chi connectivity index (χ1n) is 4.83. The van der Waals surface area contributed by atoms with Crippen molar-refractivity contribution in [2.24, 2.45) is 11.5 Å². The molecule has 1 amide bonds. The number of rotatable bonds is 5. The van der Waals surface area contributed by atoms with E-state index in [1.807, 2.05) is 12.1 Å². The van der Waals surface area contributed by atoms with Crippen LogP contribution in [0.1, 0.15) is 5.56 Å². The lowest BCUT2D eigenvalue weighted by molar-refractivity contribution is -0.119. The fourth-order valence-electron chi connectivity index (χ4n) is 1.20. The summed E-state index contributed by atoms with van der Waals surface area (Å²) in [4.78, 5) is 10.8. The van der Waals surface area contributed by atoms with Gasteiger partial charge in [-0.05, 0) is 24.1 Å². The molecule has 1 rings (SSSR count). The number of hydrogen-bond acceptors (Lipinski definition) is 3. The van der Waals surface area contributed by atoms with Gasteiger partial charge in [-0.25, -0.2) is 0 Å². The Morgan fingerprint density at radius 3 is 2.56 bits per heavy atom. The molecule has 0 spiro atoms. The largest absolute Gasteiger partial charge is 0.481 e. The zero-order valence-corrected chi connectivity index (χ0v) is 8.85. The van der Waals surface area contributed by atoms with Gasteiger partial charge < -0.3 is 16.2 Å². The molecule has 0 saturated carbocycles. The van der Waals surface area contributed by atoms with Gasteiger partial charge in [0.2, 0.25) is 5.91 Å². The van der Waals surface area contributed by atoms with E-state index in [1.54, 1.807) is 12.1 Å². The molecule has 1 atom stereocenters. The van der Waals surface area contributed by atoms with Crippen LogP contribution in [0.3, 0.4) is 0 Å². The van der Waals surface area contributed by atoms with Crippen molar-refractivity contribution in [1.82, 2.24) is 0 Å². The molecule has 0 unspecified atom stereocenters. The fraction of sp³-hybridized carbons (Fsp3) is 0.250. The van der Waals surface area contributed by atoms with Gasteiger partial charge in [0.1, 0.15) is 12.4 Å². The molecule has 4 heteroatoms. The Morgan fingerprint density at radius 2 is 2.06 bits per heavy atom. The quantitative estimate of drug-likeness (QED) is 0.686. The van der Waals surface area contributed by atoms with E-state index in [1.165, 1.54) is 0 Å². The molecular weight excluding hydrogens is 204 g/mol. The number of terminal acetylenes is 1. The summed E-state index contributed by atoms with van der Waals surface area (Å²) >= 11 is 0. The van der Waals surface area contributed by atoms with Crippen LogP contribution < -0.4 is 16.2 Å². The number of carbonyl (C=O) groups is 1. The molecule has 16 heavy (non-hydrogen) atoms. The zero-order chi connectivity index (χ0) is 12.0. The molecule has 4 N–H and O–H groups in total. The van der Waals surface area contributed by atoms with Crippen LogP contribution >= 0.6 is 0 Å². The predicted octanol–water partition coefficient (Wildman–Crippen LogP) is 0.0537. The monoisotopic (exact) mass is 218 g/mol. The summed E-state index contributed by atoms with van der Waals surface area (Å²) in [5.74, 6) is 2.56. The molecule has 1 aromatic rings. The molecule has 0 aliphatic heterocycles. The standard InChI is InChI=1S/C12H14N2O2/c1-2-7-16-10-5-3-9(4-6-10)8-11(13)12(14)15/h1,3-6,11H,7-8,13H2,(H2,14,15)/t11-/m0/s1. The van der Waals surface area contributed by atoms with E-state index in [0.29, 0.717) is 12.2 Å². The van der Waals surface area contributed by atoms with E-state index < -0.39 is 11.9 Å². The molecule has 0 bridgehead atoms. The van der Waals surface area contributed by atoms with E-state index in [2.05, 4.69) is 5.92 Å². The number of nitrogens with two attached hydrogens (primary N) is 2. The average Bonchev–Trinajstić information content (AvgIpc) is 2.28. The van der Waals surface area contributed by atoms with Crippen LogP contribution in [0.4, 0.5) is 0 Å². The van der Waals surface area contributed by atoms with Gasteiger partial charge in [0.25, 0.3) is 0 Å². The van der Waals surface area contributed by atoms with Crippen molar-refractivity contribution >= 4 is 5.91 Å². The smallest absolute Gasteiger partial charge is 0.234 e. The van der Waals surface area contributed by atoms with Crippen LogP contribution in [0.2, 0.25) is 0 Å². The van der Waals surface area contributed by atoms with Crippen molar-refractivity contribution < 1.29 is 9.53 Å². The van der Waals surface area contributed by atoms with Gasteiger partial charge in [0.15, 0.2) is 0 Å². The van der Waals surface area contributed by atoms with E-state index in [0.717, 1.165) is 5.56 Å². The normalized spacial score (nSPS) is 11.5. The van der Waals surface area contributed by atoms with E-state index in [4.69, 9.17) is 22.6 Å². The average molecular weight is 218 g/mol. The van der Waals surface area contributed by atoms with Crippen LogP contribution in [0.5, 0.6) is 5.75 Å².